The van der Waals surface area contributed by atoms with Crippen LogP contribution in [0.4, 0.5) is 23.0 Å². The van der Waals surface area contributed by atoms with Gasteiger partial charge in [0.15, 0.2) is 0 Å². The number of aromatic nitrogens is 4. The Hall–Kier alpha value is -3.70. The average molecular weight is 507 g/mol. The Bertz CT molecular complexity index is 1470. The fraction of sp³-hybridized carbons (Fsp3) is 0.320. The molecular weight excluding hydrogens is 476 g/mol. The van der Waals surface area contributed by atoms with Crippen molar-refractivity contribution in [3.63, 3.8) is 0 Å². The number of hydrogen-bond acceptors (Lipinski definition) is 8. The molecule has 4 aromatic rings. The molecule has 0 bridgehead atoms. The van der Waals surface area contributed by atoms with E-state index in [0.29, 0.717) is 29.9 Å². The van der Waals surface area contributed by atoms with Gasteiger partial charge in [0, 0.05) is 68.1 Å². The third-order valence-electron chi connectivity index (χ3n) is 6.38. The second kappa shape index (κ2) is 9.75. The summed E-state index contributed by atoms with van der Waals surface area (Å²) < 4.78 is 27.4. The lowest BCUT2D eigenvalue weighted by atomic mass is 10.2. The Morgan fingerprint density at radius 3 is 2.72 bits per heavy atom. The number of pyridine rings is 1. The van der Waals surface area contributed by atoms with Crippen molar-refractivity contribution in [2.45, 2.75) is 19.5 Å². The number of rotatable bonds is 7. The van der Waals surface area contributed by atoms with Crippen molar-refractivity contribution in [2.75, 3.05) is 47.5 Å². The Morgan fingerprint density at radius 2 is 1.97 bits per heavy atom. The second-order valence-corrected chi connectivity index (χ2v) is 11.1. The molecule has 3 aromatic heterocycles. The van der Waals surface area contributed by atoms with Crippen molar-refractivity contribution in [3.8, 4) is 0 Å². The molecule has 1 aliphatic rings. The topological polar surface area (TPSA) is 108 Å². The van der Waals surface area contributed by atoms with Crippen molar-refractivity contribution in [2.24, 2.45) is 0 Å². The predicted octanol–water partition coefficient (Wildman–Crippen LogP) is 2.81. The van der Waals surface area contributed by atoms with Crippen LogP contribution in [-0.4, -0.2) is 66.9 Å². The number of anilines is 4. The minimum atomic E-state index is -3.41. The molecule has 0 radical (unpaired) electrons. The van der Waals surface area contributed by atoms with Crippen LogP contribution in [0.3, 0.4) is 0 Å². The highest BCUT2D eigenvalue weighted by Gasteiger charge is 2.18. The zero-order valence-corrected chi connectivity index (χ0v) is 21.4. The van der Waals surface area contributed by atoms with E-state index in [2.05, 4.69) is 44.6 Å². The lowest BCUT2D eigenvalue weighted by molar-refractivity contribution is 0.485. The SMILES string of the molecule is C[C@H]1CN(c2ccc(Nc3ncc4ccn(Cc5ncccc5N(C)S(C)(=O)=O)c4n3)cc2)CCN1. The molecule has 1 aliphatic heterocycles. The minimum Gasteiger partial charge on any atom is -0.369 e. The Morgan fingerprint density at radius 1 is 1.17 bits per heavy atom. The Labute approximate surface area is 211 Å². The summed E-state index contributed by atoms with van der Waals surface area (Å²) in [6, 6.07) is 14.2. The Kier molecular flexibility index (Phi) is 6.50. The van der Waals surface area contributed by atoms with Gasteiger partial charge < -0.3 is 20.1 Å². The zero-order chi connectivity index (χ0) is 25.3. The fourth-order valence-corrected chi connectivity index (χ4v) is 4.91. The summed E-state index contributed by atoms with van der Waals surface area (Å²) in [5.74, 6) is 0.487. The number of fused-ring (bicyclic) bond motifs is 1. The van der Waals surface area contributed by atoms with Crippen LogP contribution in [-0.2, 0) is 16.6 Å². The van der Waals surface area contributed by atoms with Crippen LogP contribution in [0, 0.1) is 0 Å². The van der Waals surface area contributed by atoms with Crippen molar-refractivity contribution in [3.05, 3.63) is 66.7 Å². The van der Waals surface area contributed by atoms with Gasteiger partial charge in [0.05, 0.1) is 24.2 Å². The molecule has 0 amide bonds. The summed E-state index contributed by atoms with van der Waals surface area (Å²) >= 11 is 0. The molecule has 0 aliphatic carbocycles. The standard InChI is InChI=1S/C25H30N8O2S/c1-18-16-32(14-12-26-18)21-8-6-20(7-9-21)29-25-28-15-19-10-13-33(24(19)30-25)17-22-23(5-4-11-27-22)31(2)36(3,34)35/h4-11,13,15,18,26H,12,14,16-17H2,1-3H3,(H,28,29,30)/t18-/m0/s1. The summed E-state index contributed by atoms with van der Waals surface area (Å²) in [5, 5.41) is 7.65. The van der Waals surface area contributed by atoms with Gasteiger partial charge in [0.25, 0.3) is 0 Å². The predicted molar refractivity (Wildman–Crippen MR) is 144 cm³/mol. The number of benzene rings is 1. The van der Waals surface area contributed by atoms with Crippen molar-refractivity contribution in [1.29, 1.82) is 0 Å². The molecule has 4 heterocycles. The number of nitrogens with one attached hydrogen (secondary N) is 2. The van der Waals surface area contributed by atoms with Gasteiger partial charge in [-0.1, -0.05) is 0 Å². The van der Waals surface area contributed by atoms with Crippen LogP contribution in [0.1, 0.15) is 12.6 Å². The molecule has 11 heteroatoms. The number of piperazine rings is 1. The quantitative estimate of drug-likeness (QED) is 0.394. The van der Waals surface area contributed by atoms with Crippen LogP contribution in [0.2, 0.25) is 0 Å². The van der Waals surface area contributed by atoms with E-state index in [9.17, 15) is 8.42 Å². The van der Waals surface area contributed by atoms with Gasteiger partial charge in [-0.3, -0.25) is 9.29 Å². The van der Waals surface area contributed by atoms with Gasteiger partial charge in [-0.05, 0) is 49.4 Å². The molecule has 1 fully saturated rings. The largest absolute Gasteiger partial charge is 0.369 e. The fourth-order valence-electron chi connectivity index (χ4n) is 4.39. The first kappa shape index (κ1) is 24.0. The lowest BCUT2D eigenvalue weighted by Gasteiger charge is -2.33. The van der Waals surface area contributed by atoms with Gasteiger partial charge in [0.1, 0.15) is 5.65 Å². The van der Waals surface area contributed by atoms with Gasteiger partial charge in [-0.25, -0.2) is 13.4 Å². The summed E-state index contributed by atoms with van der Waals surface area (Å²) in [6.45, 7) is 5.53. The van der Waals surface area contributed by atoms with Crippen molar-refractivity contribution < 1.29 is 8.42 Å². The zero-order valence-electron chi connectivity index (χ0n) is 20.6. The van der Waals surface area contributed by atoms with Crippen molar-refractivity contribution >= 4 is 44.1 Å². The molecule has 1 aromatic carbocycles. The monoisotopic (exact) mass is 506 g/mol. The van der Waals surface area contributed by atoms with Gasteiger partial charge in [-0.2, -0.15) is 4.98 Å². The molecule has 0 unspecified atom stereocenters. The van der Waals surface area contributed by atoms with Crippen LogP contribution in [0.5, 0.6) is 0 Å². The molecule has 1 saturated heterocycles. The van der Waals surface area contributed by atoms with E-state index in [1.807, 2.05) is 29.0 Å². The van der Waals surface area contributed by atoms with E-state index < -0.39 is 10.0 Å². The highest BCUT2D eigenvalue weighted by molar-refractivity contribution is 7.92. The van der Waals surface area contributed by atoms with Crippen LogP contribution >= 0.6 is 0 Å². The summed E-state index contributed by atoms with van der Waals surface area (Å²) in [7, 11) is -1.88. The maximum absolute atomic E-state index is 12.1. The minimum absolute atomic E-state index is 0.369. The smallest absolute Gasteiger partial charge is 0.232 e. The summed E-state index contributed by atoms with van der Waals surface area (Å²) in [5.41, 5.74) is 4.00. The van der Waals surface area contributed by atoms with Gasteiger partial charge in [-0.15, -0.1) is 0 Å². The maximum atomic E-state index is 12.1. The summed E-state index contributed by atoms with van der Waals surface area (Å²) in [4.78, 5) is 16.0. The molecule has 0 saturated carbocycles. The third kappa shape index (κ3) is 5.12. The molecule has 36 heavy (non-hydrogen) atoms. The van der Waals surface area contributed by atoms with E-state index in [1.165, 1.54) is 23.3 Å². The molecule has 5 rings (SSSR count). The second-order valence-electron chi connectivity index (χ2n) is 9.09. The maximum Gasteiger partial charge on any atom is 0.232 e. The average Bonchev–Trinajstić information content (AvgIpc) is 3.26. The number of hydrogen-bond donors (Lipinski definition) is 2. The number of sulfonamides is 1. The van der Waals surface area contributed by atoms with Crippen LogP contribution in [0.15, 0.2) is 61.1 Å². The first-order chi connectivity index (χ1) is 17.3. The first-order valence-corrected chi connectivity index (χ1v) is 13.7. The highest BCUT2D eigenvalue weighted by Crippen LogP contribution is 2.24. The lowest BCUT2D eigenvalue weighted by Crippen LogP contribution is -2.49. The molecule has 2 N–H and O–H groups in total. The normalized spacial score (nSPS) is 16.3. The molecule has 1 atom stereocenters. The van der Waals surface area contributed by atoms with Gasteiger partial charge in [0.2, 0.25) is 16.0 Å². The van der Waals surface area contributed by atoms with E-state index in [0.717, 1.165) is 36.4 Å². The van der Waals surface area contributed by atoms with E-state index in [4.69, 9.17) is 4.98 Å². The van der Waals surface area contributed by atoms with Gasteiger partial charge >= 0.3 is 0 Å². The van der Waals surface area contributed by atoms with Crippen LogP contribution < -0.4 is 19.8 Å². The Balaban J connectivity index is 1.36. The van der Waals surface area contributed by atoms with E-state index >= 15 is 0 Å². The van der Waals surface area contributed by atoms with Crippen molar-refractivity contribution in [1.82, 2.24) is 24.8 Å². The number of nitrogens with zero attached hydrogens (tertiary/aromatic N) is 6. The summed E-state index contributed by atoms with van der Waals surface area (Å²) in [6.07, 6.45) is 6.52. The molecule has 10 nitrogen and oxygen atoms in total. The van der Waals surface area contributed by atoms with Crippen LogP contribution in [0.25, 0.3) is 11.0 Å². The first-order valence-electron chi connectivity index (χ1n) is 11.8. The third-order valence-corrected chi connectivity index (χ3v) is 7.57. The highest BCUT2D eigenvalue weighted by atomic mass is 32.2. The van der Waals surface area contributed by atoms with E-state index in [-0.39, 0.29) is 0 Å². The molecular formula is C25H30N8O2S. The molecule has 188 valence electrons. The molecule has 0 spiro atoms. The van der Waals surface area contributed by atoms with E-state index in [1.54, 1.807) is 24.5 Å².